The van der Waals surface area contributed by atoms with Crippen molar-refractivity contribution in [1.82, 2.24) is 24.8 Å². The largest absolute Gasteiger partial charge is 0.309 e. The van der Waals surface area contributed by atoms with Gasteiger partial charge in [-0.3, -0.25) is 4.90 Å². The summed E-state index contributed by atoms with van der Waals surface area (Å²) in [6.07, 6.45) is 5.81. The number of aromatic nitrogens is 4. The lowest BCUT2D eigenvalue weighted by atomic mass is 10.1. The Balaban J connectivity index is 1.82. The van der Waals surface area contributed by atoms with E-state index in [1.807, 2.05) is 13.0 Å². The number of anilines is 2. The van der Waals surface area contributed by atoms with Gasteiger partial charge in [0.05, 0.1) is 11.7 Å². The van der Waals surface area contributed by atoms with Crippen LogP contribution >= 0.6 is 0 Å². The van der Waals surface area contributed by atoms with Crippen molar-refractivity contribution in [3.63, 3.8) is 0 Å². The van der Waals surface area contributed by atoms with Crippen LogP contribution in [0.5, 0.6) is 0 Å². The lowest BCUT2D eigenvalue weighted by Crippen LogP contribution is -2.28. The second kappa shape index (κ2) is 7.00. The zero-order valence-corrected chi connectivity index (χ0v) is 14.0. The van der Waals surface area contributed by atoms with Crippen LogP contribution in [0.25, 0.3) is 0 Å². The zero-order chi connectivity index (χ0) is 16.2. The summed E-state index contributed by atoms with van der Waals surface area (Å²) in [5.74, 6) is 2.75. The molecule has 1 N–H and O–H groups in total. The smallest absolute Gasteiger partial charge is 0.228 e. The van der Waals surface area contributed by atoms with Crippen molar-refractivity contribution in [1.29, 1.82) is 0 Å². The summed E-state index contributed by atoms with van der Waals surface area (Å²) in [5, 5.41) is 3.17. The fourth-order valence-corrected chi connectivity index (χ4v) is 3.15. The third kappa shape index (κ3) is 4.01. The van der Waals surface area contributed by atoms with E-state index in [1.54, 1.807) is 18.5 Å². The van der Waals surface area contributed by atoms with Crippen LogP contribution < -0.4 is 5.32 Å². The van der Waals surface area contributed by atoms with Gasteiger partial charge in [-0.25, -0.2) is 19.9 Å². The SMILES string of the molecule is Cc1nc(Nc2ncccn2)cc([C@H]2CCCN2CC(C)C)n1. The van der Waals surface area contributed by atoms with Crippen molar-refractivity contribution >= 4 is 11.8 Å². The average Bonchev–Trinajstić information content (AvgIpc) is 2.95. The highest BCUT2D eigenvalue weighted by molar-refractivity contribution is 5.48. The van der Waals surface area contributed by atoms with Crippen molar-refractivity contribution in [2.24, 2.45) is 5.92 Å². The first kappa shape index (κ1) is 15.8. The normalized spacial score (nSPS) is 18.5. The maximum atomic E-state index is 4.68. The van der Waals surface area contributed by atoms with Crippen LogP contribution in [0.1, 0.15) is 44.2 Å². The number of likely N-dealkylation sites (tertiary alicyclic amines) is 1. The minimum atomic E-state index is 0.386. The molecule has 1 aliphatic rings. The van der Waals surface area contributed by atoms with E-state index in [1.165, 1.54) is 6.42 Å². The van der Waals surface area contributed by atoms with Crippen molar-refractivity contribution in [3.8, 4) is 0 Å². The molecule has 2 aromatic rings. The van der Waals surface area contributed by atoms with E-state index in [4.69, 9.17) is 0 Å². The number of hydrogen-bond acceptors (Lipinski definition) is 6. The highest BCUT2D eigenvalue weighted by Crippen LogP contribution is 2.32. The Morgan fingerprint density at radius 2 is 2.04 bits per heavy atom. The Bertz CT molecular complexity index is 643. The molecule has 122 valence electrons. The molecule has 1 fully saturated rings. The van der Waals surface area contributed by atoms with Gasteiger partial charge < -0.3 is 5.32 Å². The minimum Gasteiger partial charge on any atom is -0.309 e. The zero-order valence-electron chi connectivity index (χ0n) is 14.0. The molecule has 0 radical (unpaired) electrons. The molecule has 0 aromatic carbocycles. The average molecular weight is 312 g/mol. The van der Waals surface area contributed by atoms with Crippen LogP contribution in [0.2, 0.25) is 0 Å². The third-order valence-electron chi connectivity index (χ3n) is 3.97. The molecule has 0 unspecified atom stereocenters. The Labute approximate surface area is 137 Å². The van der Waals surface area contributed by atoms with Crippen LogP contribution in [-0.4, -0.2) is 37.9 Å². The van der Waals surface area contributed by atoms with Crippen LogP contribution in [-0.2, 0) is 0 Å². The van der Waals surface area contributed by atoms with Gasteiger partial charge in [0.1, 0.15) is 11.6 Å². The Kier molecular flexibility index (Phi) is 4.81. The van der Waals surface area contributed by atoms with Gasteiger partial charge in [0, 0.05) is 25.0 Å². The molecule has 0 spiro atoms. The second-order valence-corrected chi connectivity index (χ2v) is 6.47. The highest BCUT2D eigenvalue weighted by atomic mass is 15.2. The molecule has 0 aliphatic carbocycles. The Hall–Kier alpha value is -2.08. The van der Waals surface area contributed by atoms with Crippen molar-refractivity contribution in [3.05, 3.63) is 36.0 Å². The van der Waals surface area contributed by atoms with Crippen LogP contribution in [0.4, 0.5) is 11.8 Å². The molecular formula is C17H24N6. The van der Waals surface area contributed by atoms with E-state index in [0.29, 0.717) is 17.9 Å². The number of aryl methyl sites for hydroxylation is 1. The van der Waals surface area contributed by atoms with Gasteiger partial charge in [-0.15, -0.1) is 0 Å². The van der Waals surface area contributed by atoms with E-state index in [0.717, 1.165) is 36.8 Å². The van der Waals surface area contributed by atoms with E-state index in [2.05, 4.69) is 44.0 Å². The number of nitrogens with one attached hydrogen (secondary N) is 1. The van der Waals surface area contributed by atoms with Gasteiger partial charge in [-0.1, -0.05) is 13.8 Å². The van der Waals surface area contributed by atoms with E-state index >= 15 is 0 Å². The minimum absolute atomic E-state index is 0.386. The molecule has 0 amide bonds. The Morgan fingerprint density at radius 3 is 2.78 bits per heavy atom. The van der Waals surface area contributed by atoms with Gasteiger partial charge >= 0.3 is 0 Å². The van der Waals surface area contributed by atoms with Gasteiger partial charge in [0.15, 0.2) is 0 Å². The van der Waals surface area contributed by atoms with Crippen molar-refractivity contribution < 1.29 is 0 Å². The first-order valence-electron chi connectivity index (χ1n) is 8.25. The van der Waals surface area contributed by atoms with Crippen molar-refractivity contribution in [2.75, 3.05) is 18.4 Å². The third-order valence-corrected chi connectivity index (χ3v) is 3.97. The number of hydrogen-bond donors (Lipinski definition) is 1. The molecule has 3 heterocycles. The summed E-state index contributed by atoms with van der Waals surface area (Å²) in [7, 11) is 0. The molecular weight excluding hydrogens is 288 g/mol. The van der Waals surface area contributed by atoms with Crippen molar-refractivity contribution in [2.45, 2.75) is 39.7 Å². The summed E-state index contributed by atoms with van der Waals surface area (Å²) in [6.45, 7) is 8.72. The fraction of sp³-hybridized carbons (Fsp3) is 0.529. The molecule has 1 saturated heterocycles. The molecule has 1 aliphatic heterocycles. The summed E-state index contributed by atoms with van der Waals surface area (Å²) >= 11 is 0. The fourth-order valence-electron chi connectivity index (χ4n) is 3.15. The van der Waals surface area contributed by atoms with E-state index in [-0.39, 0.29) is 0 Å². The quantitative estimate of drug-likeness (QED) is 0.915. The summed E-state index contributed by atoms with van der Waals surface area (Å²) in [5.41, 5.74) is 1.09. The van der Waals surface area contributed by atoms with Gasteiger partial charge in [0.25, 0.3) is 0 Å². The first-order chi connectivity index (χ1) is 11.1. The molecule has 2 aromatic heterocycles. The molecule has 1 atom stereocenters. The summed E-state index contributed by atoms with van der Waals surface area (Å²) < 4.78 is 0. The summed E-state index contributed by atoms with van der Waals surface area (Å²) in [6, 6.07) is 4.22. The molecule has 6 nitrogen and oxygen atoms in total. The van der Waals surface area contributed by atoms with Crippen LogP contribution in [0, 0.1) is 12.8 Å². The van der Waals surface area contributed by atoms with E-state index in [9.17, 15) is 0 Å². The molecule has 0 saturated carbocycles. The second-order valence-electron chi connectivity index (χ2n) is 6.47. The first-order valence-corrected chi connectivity index (χ1v) is 8.25. The standard InChI is InChI=1S/C17H24N6/c1-12(2)11-23-9-4-6-15(23)14-10-16(21-13(3)20-14)22-17-18-7-5-8-19-17/h5,7-8,10,12,15H,4,6,9,11H2,1-3H3,(H,18,19,20,21,22)/t15-/m1/s1. The molecule has 23 heavy (non-hydrogen) atoms. The number of rotatable bonds is 5. The van der Waals surface area contributed by atoms with E-state index < -0.39 is 0 Å². The van der Waals surface area contributed by atoms with Gasteiger partial charge in [0.2, 0.25) is 5.95 Å². The van der Waals surface area contributed by atoms with Crippen LogP contribution in [0.15, 0.2) is 24.5 Å². The maximum absolute atomic E-state index is 4.68. The van der Waals surface area contributed by atoms with Gasteiger partial charge in [-0.05, 0) is 38.3 Å². The predicted octanol–water partition coefficient (Wildman–Crippen LogP) is 3.11. The van der Waals surface area contributed by atoms with Gasteiger partial charge in [-0.2, -0.15) is 0 Å². The number of nitrogens with zero attached hydrogens (tertiary/aromatic N) is 5. The topological polar surface area (TPSA) is 66.8 Å². The summed E-state index contributed by atoms with van der Waals surface area (Å²) in [4.78, 5) is 20.1. The molecule has 6 heteroatoms. The molecule has 3 rings (SSSR count). The van der Waals surface area contributed by atoms with Crippen LogP contribution in [0.3, 0.4) is 0 Å². The predicted molar refractivity (Wildman–Crippen MR) is 90.5 cm³/mol. The lowest BCUT2D eigenvalue weighted by molar-refractivity contribution is 0.225. The Morgan fingerprint density at radius 1 is 1.26 bits per heavy atom. The molecule has 0 bridgehead atoms. The maximum Gasteiger partial charge on any atom is 0.228 e. The monoisotopic (exact) mass is 312 g/mol. The lowest BCUT2D eigenvalue weighted by Gasteiger charge is -2.26. The highest BCUT2D eigenvalue weighted by Gasteiger charge is 2.28.